The summed E-state index contributed by atoms with van der Waals surface area (Å²) in [6, 6.07) is 18.8. The predicted molar refractivity (Wildman–Crippen MR) is 131 cm³/mol. The molecule has 34 heavy (non-hydrogen) atoms. The molecule has 2 N–H and O–H groups in total. The van der Waals surface area contributed by atoms with Crippen LogP contribution in [0.5, 0.6) is 0 Å². The number of carbonyl (C=O) groups excluding carboxylic acids is 3. The highest BCUT2D eigenvalue weighted by atomic mass is 32.2. The maximum atomic E-state index is 13.3. The van der Waals surface area contributed by atoms with Crippen molar-refractivity contribution in [3.05, 3.63) is 101 Å². The third kappa shape index (κ3) is 6.45. The van der Waals surface area contributed by atoms with Crippen molar-refractivity contribution in [3.8, 4) is 0 Å². The van der Waals surface area contributed by atoms with Crippen LogP contribution in [0.4, 0.5) is 14.9 Å². The van der Waals surface area contributed by atoms with E-state index in [9.17, 15) is 18.8 Å². The molecule has 0 aliphatic rings. The van der Waals surface area contributed by atoms with Crippen LogP contribution in [0.3, 0.4) is 0 Å². The number of halogens is 1. The number of ketones is 2. The third-order valence-electron chi connectivity index (χ3n) is 4.76. The molecule has 176 valence electrons. The Hall–Kier alpha value is -3.65. The largest absolute Gasteiger partial charge is 0.444 e. The van der Waals surface area contributed by atoms with Gasteiger partial charge in [0.1, 0.15) is 12.4 Å². The van der Waals surface area contributed by atoms with E-state index in [2.05, 4.69) is 0 Å². The maximum Gasteiger partial charge on any atom is 0.420 e. The van der Waals surface area contributed by atoms with Crippen molar-refractivity contribution in [2.45, 2.75) is 25.7 Å². The van der Waals surface area contributed by atoms with Crippen LogP contribution in [0.1, 0.15) is 45.7 Å². The summed E-state index contributed by atoms with van der Waals surface area (Å²) in [5, 5.41) is -0.00878. The van der Waals surface area contributed by atoms with Crippen LogP contribution >= 0.6 is 11.9 Å². The fraction of sp³-hybridized carbons (Fsp3) is 0.192. The molecule has 0 aliphatic carbocycles. The summed E-state index contributed by atoms with van der Waals surface area (Å²) in [4.78, 5) is 39.1. The Morgan fingerprint density at radius 3 is 2.29 bits per heavy atom. The smallest absolute Gasteiger partial charge is 0.420 e. The van der Waals surface area contributed by atoms with E-state index < -0.39 is 23.5 Å². The molecule has 8 heteroatoms. The summed E-state index contributed by atoms with van der Waals surface area (Å²) in [5.74, 6) is -1.45. The van der Waals surface area contributed by atoms with Crippen molar-refractivity contribution >= 4 is 35.3 Å². The minimum absolute atomic E-state index is 0.00878. The molecule has 6 nitrogen and oxygen atoms in total. The predicted octanol–water partition coefficient (Wildman–Crippen LogP) is 5.52. The van der Waals surface area contributed by atoms with E-state index in [1.165, 1.54) is 40.7 Å². The van der Waals surface area contributed by atoms with E-state index in [-0.39, 0.29) is 40.8 Å². The highest BCUT2D eigenvalue weighted by Gasteiger charge is 2.26. The summed E-state index contributed by atoms with van der Waals surface area (Å²) in [6.07, 6.45) is -0.670. The number of hydrogen-bond acceptors (Lipinski definition) is 6. The molecule has 0 saturated heterocycles. The van der Waals surface area contributed by atoms with E-state index in [1.54, 1.807) is 6.07 Å². The lowest BCUT2D eigenvalue weighted by atomic mass is 9.94. The summed E-state index contributed by atoms with van der Waals surface area (Å²) in [7, 11) is 0. The van der Waals surface area contributed by atoms with Crippen LogP contribution < -0.4 is 5.73 Å². The zero-order chi connectivity index (χ0) is 24.7. The number of ether oxygens (including phenoxy) is 1. The van der Waals surface area contributed by atoms with Crippen LogP contribution in [0.25, 0.3) is 0 Å². The number of carbonyl (C=O) groups is 3. The number of hydrogen-bond donors (Lipinski definition) is 1. The molecule has 0 aromatic heterocycles. The van der Waals surface area contributed by atoms with Crippen molar-refractivity contribution in [3.63, 3.8) is 0 Å². The van der Waals surface area contributed by atoms with Crippen molar-refractivity contribution < 1.29 is 23.5 Å². The Morgan fingerprint density at radius 1 is 0.971 bits per heavy atom. The molecule has 0 atom stereocenters. The van der Waals surface area contributed by atoms with Crippen LogP contribution in [-0.2, 0) is 11.3 Å². The number of anilines is 1. The second-order valence-corrected chi connectivity index (χ2v) is 9.35. The lowest BCUT2D eigenvalue weighted by Gasteiger charge is -2.23. The highest BCUT2D eigenvalue weighted by Crippen LogP contribution is 2.25. The van der Waals surface area contributed by atoms with E-state index in [0.29, 0.717) is 0 Å². The van der Waals surface area contributed by atoms with Gasteiger partial charge in [-0.05, 0) is 47.8 Å². The fourth-order valence-electron chi connectivity index (χ4n) is 3.23. The van der Waals surface area contributed by atoms with E-state index in [4.69, 9.17) is 10.5 Å². The molecule has 3 rings (SSSR count). The van der Waals surface area contributed by atoms with Crippen LogP contribution in [-0.4, -0.2) is 33.8 Å². The van der Waals surface area contributed by atoms with Crippen LogP contribution in [0, 0.1) is 5.82 Å². The molecule has 3 aromatic rings. The Balaban J connectivity index is 1.83. The minimum atomic E-state index is -0.670. The molecule has 0 saturated carbocycles. The first-order valence-corrected chi connectivity index (χ1v) is 11.5. The molecule has 0 radical (unpaired) electrons. The van der Waals surface area contributed by atoms with Gasteiger partial charge in [-0.2, -0.15) is 0 Å². The molecular formula is C26H25FN2O4S. The quantitative estimate of drug-likeness (QED) is 0.247. The molecule has 0 heterocycles. The normalized spacial score (nSPS) is 10.7. The number of Topliss-reactive ketones (excluding diaryl/α,β-unsaturated/α-hetero) is 1. The van der Waals surface area contributed by atoms with Crippen molar-refractivity contribution in [2.24, 2.45) is 0 Å². The molecule has 0 bridgehead atoms. The number of nitrogens with two attached hydrogens (primary N) is 1. The molecule has 0 spiro atoms. The summed E-state index contributed by atoms with van der Waals surface area (Å²) < 4.78 is 19.9. The van der Waals surface area contributed by atoms with Crippen LogP contribution in [0.15, 0.2) is 72.8 Å². The second-order valence-electron chi connectivity index (χ2n) is 7.76. The highest BCUT2D eigenvalue weighted by molar-refractivity contribution is 7.98. The molecule has 0 fully saturated rings. The number of rotatable bonds is 9. The lowest BCUT2D eigenvalue weighted by molar-refractivity contribution is 0.0917. The molecule has 0 aliphatic heterocycles. The summed E-state index contributed by atoms with van der Waals surface area (Å²) in [5.41, 5.74) is 7.33. The van der Waals surface area contributed by atoms with Gasteiger partial charge in [0.15, 0.2) is 11.6 Å². The average Bonchev–Trinajstić information content (AvgIpc) is 2.82. The number of benzene rings is 3. The summed E-state index contributed by atoms with van der Waals surface area (Å²) in [6.45, 7) is 3.49. The number of nitrogens with zero attached hydrogens (tertiary/aromatic N) is 1. The Bertz CT molecular complexity index is 1170. The van der Waals surface area contributed by atoms with Crippen molar-refractivity contribution in [2.75, 3.05) is 12.3 Å². The van der Waals surface area contributed by atoms with Gasteiger partial charge in [-0.15, -0.1) is 0 Å². The van der Waals surface area contributed by atoms with Gasteiger partial charge in [-0.25, -0.2) is 13.5 Å². The zero-order valence-corrected chi connectivity index (χ0v) is 19.7. The first-order valence-electron chi connectivity index (χ1n) is 10.6. The maximum absolute atomic E-state index is 13.3. The standard InChI is InChI=1S/C26H25FN2O4S/c1-17(2)34-29(26(32)33-16-18-7-4-3-5-8-18)15-23(30)24-21(9-6-10-22(24)28)25(31)19-11-13-20(27)14-12-19/h3-14,17H,15-16,28H2,1-2H3. The van der Waals surface area contributed by atoms with Gasteiger partial charge in [0.25, 0.3) is 0 Å². The molecular weight excluding hydrogens is 455 g/mol. The van der Waals surface area contributed by atoms with Crippen LogP contribution in [0.2, 0.25) is 0 Å². The second kappa shape index (κ2) is 11.5. The Labute approximate surface area is 202 Å². The number of nitrogen functional groups attached to an aromatic ring is 1. The first kappa shape index (κ1) is 25.0. The third-order valence-corrected chi connectivity index (χ3v) is 5.71. The van der Waals surface area contributed by atoms with E-state index in [0.717, 1.165) is 17.5 Å². The molecule has 3 aromatic carbocycles. The minimum Gasteiger partial charge on any atom is -0.444 e. The van der Waals surface area contributed by atoms with Gasteiger partial charge >= 0.3 is 6.09 Å². The first-order chi connectivity index (χ1) is 16.3. The van der Waals surface area contributed by atoms with Crippen molar-refractivity contribution in [1.29, 1.82) is 0 Å². The monoisotopic (exact) mass is 480 g/mol. The van der Waals surface area contributed by atoms with Gasteiger partial charge in [0, 0.05) is 22.1 Å². The van der Waals surface area contributed by atoms with Gasteiger partial charge in [0.2, 0.25) is 0 Å². The SMILES string of the molecule is CC(C)SN(CC(=O)c1c(N)cccc1C(=O)c1ccc(F)cc1)C(=O)OCc1ccccc1. The number of amides is 1. The fourth-order valence-corrected chi connectivity index (χ4v) is 4.07. The molecule has 0 unspecified atom stereocenters. The zero-order valence-electron chi connectivity index (χ0n) is 18.9. The summed E-state index contributed by atoms with van der Waals surface area (Å²) >= 11 is 1.15. The Morgan fingerprint density at radius 2 is 1.65 bits per heavy atom. The van der Waals surface area contributed by atoms with Gasteiger partial charge in [-0.1, -0.05) is 56.3 Å². The van der Waals surface area contributed by atoms with E-state index >= 15 is 0 Å². The van der Waals surface area contributed by atoms with Gasteiger partial charge in [-0.3, -0.25) is 9.59 Å². The average molecular weight is 481 g/mol. The van der Waals surface area contributed by atoms with Crippen molar-refractivity contribution in [1.82, 2.24) is 4.31 Å². The Kier molecular flexibility index (Phi) is 8.43. The topological polar surface area (TPSA) is 89.7 Å². The van der Waals surface area contributed by atoms with E-state index in [1.807, 2.05) is 44.2 Å². The van der Waals surface area contributed by atoms with Gasteiger partial charge in [0.05, 0.1) is 12.1 Å². The van der Waals surface area contributed by atoms with Gasteiger partial charge < -0.3 is 10.5 Å². The lowest BCUT2D eigenvalue weighted by Crippen LogP contribution is -2.33. The molecule has 1 amide bonds.